The number of anilines is 1. The van der Waals surface area contributed by atoms with Crippen LogP contribution >= 0.6 is 15.9 Å². The fourth-order valence-electron chi connectivity index (χ4n) is 1.64. The van der Waals surface area contributed by atoms with Crippen molar-refractivity contribution in [2.45, 2.75) is 11.8 Å². The van der Waals surface area contributed by atoms with Gasteiger partial charge in [-0.1, -0.05) is 6.07 Å². The van der Waals surface area contributed by atoms with E-state index >= 15 is 0 Å². The van der Waals surface area contributed by atoms with E-state index in [-0.39, 0.29) is 4.90 Å². The normalized spacial score (nSPS) is 11.3. The zero-order valence-electron chi connectivity index (χ0n) is 10.4. The Kier molecular flexibility index (Phi) is 3.98. The highest BCUT2D eigenvalue weighted by molar-refractivity contribution is 9.10. The highest BCUT2D eigenvalue weighted by Crippen LogP contribution is 2.22. The van der Waals surface area contributed by atoms with Gasteiger partial charge in [0.2, 0.25) is 10.0 Å². The van der Waals surface area contributed by atoms with Gasteiger partial charge < -0.3 is 9.73 Å². The summed E-state index contributed by atoms with van der Waals surface area (Å²) in [4.78, 5) is 11.9. The second-order valence-corrected chi connectivity index (χ2v) is 6.34. The first-order valence-corrected chi connectivity index (χ1v) is 7.81. The van der Waals surface area contributed by atoms with Gasteiger partial charge in [-0.05, 0) is 46.6 Å². The molecule has 1 amide bonds. The lowest BCUT2D eigenvalue weighted by atomic mass is 10.2. The van der Waals surface area contributed by atoms with E-state index in [1.807, 2.05) is 0 Å². The van der Waals surface area contributed by atoms with Gasteiger partial charge >= 0.3 is 0 Å². The first-order chi connectivity index (χ1) is 9.29. The Balaban J connectivity index is 2.32. The number of sulfonamides is 1. The predicted molar refractivity (Wildman–Crippen MR) is 76.9 cm³/mol. The molecule has 2 aromatic rings. The van der Waals surface area contributed by atoms with Crippen LogP contribution in [0.2, 0.25) is 0 Å². The van der Waals surface area contributed by atoms with Gasteiger partial charge in [0.05, 0.1) is 16.7 Å². The molecule has 0 radical (unpaired) electrons. The van der Waals surface area contributed by atoms with Crippen LogP contribution in [0.3, 0.4) is 0 Å². The topological polar surface area (TPSA) is 102 Å². The summed E-state index contributed by atoms with van der Waals surface area (Å²) in [6.45, 7) is 1.62. The summed E-state index contributed by atoms with van der Waals surface area (Å²) in [5.74, 6) is -0.421. The lowest BCUT2D eigenvalue weighted by Gasteiger charge is -2.08. The Morgan fingerprint density at radius 2 is 2.05 bits per heavy atom. The lowest BCUT2D eigenvalue weighted by molar-refractivity contribution is 0.102. The molecule has 0 aliphatic rings. The van der Waals surface area contributed by atoms with Gasteiger partial charge in [0.1, 0.15) is 0 Å². The molecule has 0 atom stereocenters. The number of carbonyl (C=O) groups is 1. The van der Waals surface area contributed by atoms with Crippen LogP contribution in [0.5, 0.6) is 0 Å². The number of carbonyl (C=O) groups excluding carboxylic acids is 1. The van der Waals surface area contributed by atoms with Gasteiger partial charge in [0.25, 0.3) is 5.91 Å². The second kappa shape index (κ2) is 5.39. The lowest BCUT2D eigenvalue weighted by Crippen LogP contribution is -2.16. The van der Waals surface area contributed by atoms with E-state index in [0.717, 1.165) is 0 Å². The van der Waals surface area contributed by atoms with E-state index in [0.29, 0.717) is 21.5 Å². The van der Waals surface area contributed by atoms with Crippen molar-refractivity contribution in [1.29, 1.82) is 0 Å². The van der Waals surface area contributed by atoms with E-state index in [4.69, 9.17) is 9.56 Å². The van der Waals surface area contributed by atoms with Crippen LogP contribution in [0.1, 0.15) is 15.9 Å². The molecule has 1 heterocycles. The zero-order valence-corrected chi connectivity index (χ0v) is 12.8. The van der Waals surface area contributed by atoms with E-state index in [1.165, 1.54) is 18.4 Å². The smallest absolute Gasteiger partial charge is 0.260 e. The standard InChI is InChI=1S/C12H11BrN2O4S/c1-7-2-3-8(6-10(7)20(14,17)18)15-12(16)9-4-5-19-11(9)13/h2-6H,1H3,(H,15,16)(H2,14,17,18). The number of nitrogens with two attached hydrogens (primary N) is 1. The predicted octanol–water partition coefficient (Wildman–Crippen LogP) is 2.25. The summed E-state index contributed by atoms with van der Waals surface area (Å²) >= 11 is 3.09. The molecule has 1 aromatic carbocycles. The molecule has 0 aliphatic carbocycles. The molecule has 1 aromatic heterocycles. The molecule has 3 N–H and O–H groups in total. The van der Waals surface area contributed by atoms with E-state index < -0.39 is 15.9 Å². The molecule has 0 aliphatic heterocycles. The highest BCUT2D eigenvalue weighted by atomic mass is 79.9. The summed E-state index contributed by atoms with van der Waals surface area (Å²) in [5, 5.41) is 7.69. The second-order valence-electron chi connectivity index (χ2n) is 4.09. The van der Waals surface area contributed by atoms with Crippen LogP contribution in [0.25, 0.3) is 0 Å². The van der Waals surface area contributed by atoms with Crippen LogP contribution in [-0.4, -0.2) is 14.3 Å². The summed E-state index contributed by atoms with van der Waals surface area (Å²) in [5.41, 5.74) is 1.15. The van der Waals surface area contributed by atoms with Crippen LogP contribution in [-0.2, 0) is 10.0 Å². The number of nitrogens with one attached hydrogen (secondary N) is 1. The molecule has 0 fully saturated rings. The summed E-state index contributed by atoms with van der Waals surface area (Å²) < 4.78 is 28.1. The number of hydrogen-bond donors (Lipinski definition) is 2. The SMILES string of the molecule is Cc1ccc(NC(=O)c2ccoc2Br)cc1S(N)(=O)=O. The average Bonchev–Trinajstić information content (AvgIpc) is 2.76. The highest BCUT2D eigenvalue weighted by Gasteiger charge is 2.16. The molecule has 6 nitrogen and oxygen atoms in total. The molecular formula is C12H11BrN2O4S. The van der Waals surface area contributed by atoms with Crippen molar-refractivity contribution in [3.8, 4) is 0 Å². The zero-order chi connectivity index (χ0) is 14.9. The number of hydrogen-bond acceptors (Lipinski definition) is 4. The molecule has 2 rings (SSSR count). The van der Waals surface area contributed by atoms with E-state index in [9.17, 15) is 13.2 Å². The molecule has 0 saturated heterocycles. The fourth-order valence-corrected chi connectivity index (χ4v) is 2.87. The van der Waals surface area contributed by atoms with Crippen LogP contribution < -0.4 is 10.5 Å². The number of halogens is 1. The summed E-state index contributed by atoms with van der Waals surface area (Å²) in [6.07, 6.45) is 1.36. The van der Waals surface area contributed by atoms with Gasteiger partial charge in [0, 0.05) is 5.69 Å². The van der Waals surface area contributed by atoms with Crippen LogP contribution in [0.15, 0.2) is 44.5 Å². The first kappa shape index (κ1) is 14.8. The molecule has 20 heavy (non-hydrogen) atoms. The average molecular weight is 359 g/mol. The van der Waals surface area contributed by atoms with Crippen molar-refractivity contribution < 1.29 is 17.6 Å². The van der Waals surface area contributed by atoms with Crippen molar-refractivity contribution in [3.63, 3.8) is 0 Å². The number of amides is 1. The number of benzene rings is 1. The van der Waals surface area contributed by atoms with Crippen molar-refractivity contribution in [2.75, 3.05) is 5.32 Å². The van der Waals surface area contributed by atoms with Gasteiger partial charge in [-0.15, -0.1) is 0 Å². The monoisotopic (exact) mass is 358 g/mol. The third-order valence-electron chi connectivity index (χ3n) is 2.62. The molecule has 0 bridgehead atoms. The molecule has 0 spiro atoms. The third-order valence-corrected chi connectivity index (χ3v) is 4.28. The van der Waals surface area contributed by atoms with Crippen molar-refractivity contribution in [1.82, 2.24) is 0 Å². The van der Waals surface area contributed by atoms with Crippen molar-refractivity contribution in [3.05, 3.63) is 46.3 Å². The maximum atomic E-state index is 12.0. The van der Waals surface area contributed by atoms with E-state index in [1.54, 1.807) is 19.1 Å². The molecule has 106 valence electrons. The largest absolute Gasteiger partial charge is 0.457 e. The van der Waals surface area contributed by atoms with Crippen LogP contribution in [0, 0.1) is 6.92 Å². The molecule has 0 unspecified atom stereocenters. The van der Waals surface area contributed by atoms with Gasteiger partial charge in [-0.3, -0.25) is 4.79 Å². The number of rotatable bonds is 3. The Bertz CT molecular complexity index is 768. The van der Waals surface area contributed by atoms with E-state index in [2.05, 4.69) is 21.2 Å². The minimum atomic E-state index is -3.83. The Hall–Kier alpha value is -1.64. The Morgan fingerprint density at radius 1 is 1.35 bits per heavy atom. The first-order valence-electron chi connectivity index (χ1n) is 5.47. The maximum Gasteiger partial charge on any atom is 0.260 e. The number of furan rings is 1. The fraction of sp³-hybridized carbons (Fsp3) is 0.0833. The summed E-state index contributed by atoms with van der Waals surface area (Å²) in [7, 11) is -3.83. The minimum Gasteiger partial charge on any atom is -0.457 e. The quantitative estimate of drug-likeness (QED) is 0.877. The number of primary sulfonamides is 1. The van der Waals surface area contributed by atoms with Crippen LogP contribution in [0.4, 0.5) is 5.69 Å². The van der Waals surface area contributed by atoms with Gasteiger partial charge in [-0.25, -0.2) is 13.6 Å². The van der Waals surface area contributed by atoms with Crippen molar-refractivity contribution >= 4 is 37.5 Å². The number of aryl methyl sites for hydroxylation is 1. The molecule has 0 saturated carbocycles. The third kappa shape index (κ3) is 3.09. The molecular weight excluding hydrogens is 348 g/mol. The van der Waals surface area contributed by atoms with Gasteiger partial charge in [0.15, 0.2) is 4.67 Å². The maximum absolute atomic E-state index is 12.0. The Morgan fingerprint density at radius 3 is 2.60 bits per heavy atom. The minimum absolute atomic E-state index is 0.0263. The van der Waals surface area contributed by atoms with Crippen molar-refractivity contribution in [2.24, 2.45) is 5.14 Å². The molecule has 8 heteroatoms. The Labute approximate surface area is 124 Å². The summed E-state index contributed by atoms with van der Waals surface area (Å²) in [6, 6.07) is 5.97. The van der Waals surface area contributed by atoms with Gasteiger partial charge in [-0.2, -0.15) is 0 Å².